The maximum Gasteiger partial charge on any atom is 0.451 e. The third-order valence-corrected chi connectivity index (χ3v) is 6.30. The summed E-state index contributed by atoms with van der Waals surface area (Å²) in [7, 11) is -1.40. The molecule has 0 aliphatic carbocycles. The fraction of sp³-hybridized carbons (Fsp3) is 0.857. The van der Waals surface area contributed by atoms with Crippen LogP contribution in [0, 0.1) is 17.3 Å². The van der Waals surface area contributed by atoms with E-state index in [1.54, 1.807) is 34.6 Å². The van der Waals surface area contributed by atoms with Gasteiger partial charge in [-0.1, -0.05) is 26.7 Å². The molecule has 11 heteroatoms. The summed E-state index contributed by atoms with van der Waals surface area (Å²) in [4.78, 5) is 38.9. The molecule has 2 heterocycles. The molecule has 4 atom stereocenters. The number of hydrogen-bond acceptors (Lipinski definition) is 8. The van der Waals surface area contributed by atoms with Crippen molar-refractivity contribution in [2.45, 2.75) is 84.5 Å². The molecule has 2 saturated heterocycles. The first-order chi connectivity index (χ1) is 14.8. The Morgan fingerprint density at radius 1 is 1.19 bits per heavy atom. The number of amides is 1. The van der Waals surface area contributed by atoms with E-state index in [0.717, 1.165) is 0 Å². The van der Waals surface area contributed by atoms with Crippen molar-refractivity contribution >= 4 is 25.2 Å². The Morgan fingerprint density at radius 3 is 2.38 bits per heavy atom. The minimum Gasteiger partial charge on any atom is -0.480 e. The van der Waals surface area contributed by atoms with Gasteiger partial charge in [-0.2, -0.15) is 0 Å². The summed E-state index contributed by atoms with van der Waals surface area (Å²) in [5.41, 5.74) is -1.91. The first kappa shape index (κ1) is 26.4. The van der Waals surface area contributed by atoms with Gasteiger partial charge in [0.05, 0.1) is 11.5 Å². The number of unbranched alkanes of at least 4 members (excludes halogenated alkanes) is 1. The predicted octanol–water partition coefficient (Wildman–Crippen LogP) is 1.45. The van der Waals surface area contributed by atoms with Gasteiger partial charge in [-0.3, -0.25) is 14.9 Å². The Hall–Kier alpha value is -1.85. The van der Waals surface area contributed by atoms with Gasteiger partial charge >= 0.3 is 25.2 Å². The van der Waals surface area contributed by atoms with Crippen molar-refractivity contribution in [3.8, 4) is 0 Å². The van der Waals surface area contributed by atoms with Crippen LogP contribution in [0.4, 0.5) is 4.79 Å². The van der Waals surface area contributed by atoms with Crippen molar-refractivity contribution in [2.75, 3.05) is 13.1 Å². The molecule has 1 unspecified atom stereocenters. The molecule has 0 aromatic heterocycles. The quantitative estimate of drug-likeness (QED) is 0.175. The van der Waals surface area contributed by atoms with Crippen molar-refractivity contribution in [3.05, 3.63) is 0 Å². The molecule has 0 spiro atoms. The number of hydrogen-bond donors (Lipinski definition) is 4. The average molecular weight is 456 g/mol. The molecular weight excluding hydrogens is 419 g/mol. The molecule has 1 amide bonds. The van der Waals surface area contributed by atoms with Crippen LogP contribution in [-0.4, -0.2) is 76.2 Å². The van der Waals surface area contributed by atoms with Crippen LogP contribution in [0.15, 0.2) is 0 Å². The Bertz CT molecular complexity index is 696. The van der Waals surface area contributed by atoms with E-state index in [9.17, 15) is 19.5 Å². The highest BCUT2D eigenvalue weighted by Crippen LogP contribution is 2.41. The van der Waals surface area contributed by atoms with Crippen molar-refractivity contribution in [1.29, 1.82) is 0 Å². The van der Waals surface area contributed by atoms with E-state index >= 15 is 0 Å². The molecule has 0 aromatic rings. The Morgan fingerprint density at radius 2 is 1.84 bits per heavy atom. The molecule has 32 heavy (non-hydrogen) atoms. The zero-order valence-electron chi connectivity index (χ0n) is 19.7. The molecule has 0 bridgehead atoms. The van der Waals surface area contributed by atoms with E-state index in [0.29, 0.717) is 38.8 Å². The van der Waals surface area contributed by atoms with Gasteiger partial charge in [0, 0.05) is 24.9 Å². The largest absolute Gasteiger partial charge is 0.480 e. The lowest BCUT2D eigenvalue weighted by molar-refractivity contribution is -0.185. The predicted molar refractivity (Wildman–Crippen MR) is 116 cm³/mol. The first-order valence-corrected chi connectivity index (χ1v) is 11.3. The molecule has 0 saturated carbocycles. The number of nitrogens with zero attached hydrogens (tertiary/aromatic N) is 1. The summed E-state index contributed by atoms with van der Waals surface area (Å²) in [6.07, 6.45) is 0.384. The number of ether oxygens (including phenoxy) is 2. The van der Waals surface area contributed by atoms with Crippen LogP contribution in [0.25, 0.3) is 0 Å². The number of nitrogens with one attached hydrogen (secondary N) is 1. The molecule has 0 radical (unpaired) electrons. The Kier molecular flexibility index (Phi) is 8.58. The number of rotatable bonds is 9. The van der Waals surface area contributed by atoms with E-state index in [1.807, 2.05) is 0 Å². The summed E-state index contributed by atoms with van der Waals surface area (Å²) in [6, 6.07) is -0.340. The van der Waals surface area contributed by atoms with Gasteiger partial charge in [0.2, 0.25) is 0 Å². The number of carboxylic acids is 1. The lowest BCUT2D eigenvalue weighted by Crippen LogP contribution is -2.52. The van der Waals surface area contributed by atoms with Gasteiger partial charge in [0.1, 0.15) is 5.54 Å². The lowest BCUT2D eigenvalue weighted by Gasteiger charge is -2.31. The molecular formula is C21H37BN2O8. The third kappa shape index (κ3) is 5.93. The van der Waals surface area contributed by atoms with E-state index in [2.05, 4.69) is 5.32 Å². The Labute approximate surface area is 189 Å². The lowest BCUT2D eigenvalue weighted by atomic mass is 9.77. The standard InChI is InChI=1S/C21H37BN2O8/c1-13(2)16(31-18(27)20(3,4)5)32-19(28)24-11-8-14-15(24)12-23-21(14,17(25)26)9-6-7-10-22(29)30/h13-16,23,29-30H,6-12H2,1-5H3,(H,25,26)/t14-,15-,16?,21+/m0/s1. The van der Waals surface area contributed by atoms with Crippen LogP contribution in [0.3, 0.4) is 0 Å². The summed E-state index contributed by atoms with van der Waals surface area (Å²) in [5, 5.41) is 31.1. The maximum absolute atomic E-state index is 12.9. The van der Waals surface area contributed by atoms with Gasteiger partial charge < -0.3 is 29.5 Å². The smallest absolute Gasteiger partial charge is 0.451 e. The fourth-order valence-corrected chi connectivity index (χ4v) is 4.42. The van der Waals surface area contributed by atoms with Crippen molar-refractivity contribution in [1.82, 2.24) is 10.2 Å². The zero-order valence-corrected chi connectivity index (χ0v) is 19.7. The molecule has 4 N–H and O–H groups in total. The van der Waals surface area contributed by atoms with Gasteiger partial charge in [0.25, 0.3) is 6.29 Å². The number of carbonyl (C=O) groups is 3. The van der Waals surface area contributed by atoms with Crippen LogP contribution < -0.4 is 5.32 Å². The summed E-state index contributed by atoms with van der Waals surface area (Å²) >= 11 is 0. The summed E-state index contributed by atoms with van der Waals surface area (Å²) < 4.78 is 11.0. The molecule has 2 aliphatic rings. The number of aliphatic carboxylic acids is 1. The Balaban J connectivity index is 2.05. The summed E-state index contributed by atoms with van der Waals surface area (Å²) in [6.45, 7) is 9.41. The van der Waals surface area contributed by atoms with E-state index in [1.165, 1.54) is 4.90 Å². The topological polar surface area (TPSA) is 146 Å². The van der Waals surface area contributed by atoms with Crippen LogP contribution in [0.1, 0.15) is 60.3 Å². The fourth-order valence-electron chi connectivity index (χ4n) is 4.42. The van der Waals surface area contributed by atoms with Crippen molar-refractivity contribution < 1.29 is 39.0 Å². The number of carbonyl (C=O) groups excluding carboxylic acids is 2. The monoisotopic (exact) mass is 456 g/mol. The van der Waals surface area contributed by atoms with Crippen LogP contribution >= 0.6 is 0 Å². The highest BCUT2D eigenvalue weighted by molar-refractivity contribution is 6.40. The van der Waals surface area contributed by atoms with Crippen molar-refractivity contribution in [2.24, 2.45) is 17.3 Å². The summed E-state index contributed by atoms with van der Waals surface area (Å²) in [5.74, 6) is -1.97. The molecule has 2 fully saturated rings. The highest BCUT2D eigenvalue weighted by Gasteiger charge is 2.58. The molecule has 2 rings (SSSR count). The van der Waals surface area contributed by atoms with Crippen LogP contribution in [0.2, 0.25) is 6.32 Å². The van der Waals surface area contributed by atoms with Crippen LogP contribution in [0.5, 0.6) is 0 Å². The van der Waals surface area contributed by atoms with E-state index in [4.69, 9.17) is 19.5 Å². The first-order valence-electron chi connectivity index (χ1n) is 11.3. The number of fused-ring (bicyclic) bond motifs is 1. The van der Waals surface area contributed by atoms with Gasteiger partial charge in [-0.25, -0.2) is 4.79 Å². The SMILES string of the molecule is CC(C)C(OC(=O)N1CC[C@H]2[C@@H]1CN[C@@]2(CCCCB(O)O)C(=O)O)OC(=O)C(C)(C)C. The minimum absolute atomic E-state index is 0.187. The second-order valence-corrected chi connectivity index (χ2v) is 10.2. The second-order valence-electron chi connectivity index (χ2n) is 10.2. The second kappa shape index (κ2) is 10.4. The molecule has 0 aromatic carbocycles. The van der Waals surface area contributed by atoms with Gasteiger partial charge in [-0.05, 0) is 39.9 Å². The average Bonchev–Trinajstić information content (AvgIpc) is 3.24. The van der Waals surface area contributed by atoms with Crippen molar-refractivity contribution in [3.63, 3.8) is 0 Å². The minimum atomic E-state index is -1.40. The van der Waals surface area contributed by atoms with Gasteiger partial charge in [-0.15, -0.1) is 0 Å². The maximum atomic E-state index is 12.9. The number of carboxylic acid groups (broad SMARTS) is 1. The third-order valence-electron chi connectivity index (χ3n) is 6.30. The molecule has 10 nitrogen and oxygen atoms in total. The normalized spacial score (nSPS) is 26.1. The zero-order chi connectivity index (χ0) is 24.3. The van der Waals surface area contributed by atoms with Gasteiger partial charge in [0.15, 0.2) is 0 Å². The molecule has 182 valence electrons. The van der Waals surface area contributed by atoms with Crippen LogP contribution in [-0.2, 0) is 19.1 Å². The van der Waals surface area contributed by atoms with E-state index in [-0.39, 0.29) is 24.2 Å². The number of esters is 1. The number of likely N-dealkylation sites (tertiary alicyclic amines) is 1. The highest BCUT2D eigenvalue weighted by atomic mass is 16.7. The van der Waals surface area contributed by atoms with E-state index < -0.39 is 42.4 Å². The molecule has 2 aliphatic heterocycles.